The molecule has 2 unspecified atom stereocenters. The average Bonchev–Trinajstić information content (AvgIpc) is 2.46. The van der Waals surface area contributed by atoms with Gasteiger partial charge in [0.15, 0.2) is 14.9 Å². The van der Waals surface area contributed by atoms with Gasteiger partial charge in [-0.05, 0) is 26.2 Å². The van der Waals surface area contributed by atoms with E-state index in [2.05, 4.69) is 0 Å². The molecule has 0 aromatic rings. The van der Waals surface area contributed by atoms with Crippen molar-refractivity contribution in [3.8, 4) is 0 Å². The quantitative estimate of drug-likeness (QED) is 0.739. The molecule has 2 atom stereocenters. The molecule has 1 heterocycles. The number of hydrogen-bond acceptors (Lipinski definition) is 5. The van der Waals surface area contributed by atoms with Crippen molar-refractivity contribution in [2.45, 2.75) is 38.3 Å². The highest BCUT2D eigenvalue weighted by Crippen LogP contribution is 2.25. The molecule has 0 saturated carbocycles. The Morgan fingerprint density at radius 3 is 2.41 bits per heavy atom. The van der Waals surface area contributed by atoms with Crippen molar-refractivity contribution in [2.24, 2.45) is 0 Å². The first kappa shape index (κ1) is 14.9. The van der Waals surface area contributed by atoms with Gasteiger partial charge in [-0.3, -0.25) is 0 Å². The largest absolute Gasteiger partial charge is 0.393 e. The second kappa shape index (κ2) is 5.21. The highest BCUT2D eigenvalue weighted by molar-refractivity contribution is 8.06. The summed E-state index contributed by atoms with van der Waals surface area (Å²) >= 11 is 0. The molecule has 0 spiro atoms. The van der Waals surface area contributed by atoms with Crippen molar-refractivity contribution in [2.75, 3.05) is 17.9 Å². The maximum Gasteiger partial charge on any atom is 0.228 e. The van der Waals surface area contributed by atoms with Crippen LogP contribution in [0.3, 0.4) is 0 Å². The second-order valence-corrected chi connectivity index (χ2v) is 9.07. The van der Waals surface area contributed by atoms with Gasteiger partial charge in [0.1, 0.15) is 0 Å². The fourth-order valence-corrected chi connectivity index (χ4v) is 5.90. The lowest BCUT2D eigenvalue weighted by Gasteiger charge is -2.24. The van der Waals surface area contributed by atoms with Crippen molar-refractivity contribution in [3.05, 3.63) is 0 Å². The van der Waals surface area contributed by atoms with Gasteiger partial charge in [-0.1, -0.05) is 0 Å². The van der Waals surface area contributed by atoms with Gasteiger partial charge in [-0.25, -0.2) is 16.8 Å². The molecule has 102 valence electrons. The molecule has 0 aromatic carbocycles. The fourth-order valence-electron chi connectivity index (χ4n) is 2.14. The lowest BCUT2D eigenvalue weighted by molar-refractivity contribution is 0.158. The van der Waals surface area contributed by atoms with Crippen molar-refractivity contribution < 1.29 is 21.9 Å². The molecule has 0 radical (unpaired) electrons. The SMILES string of the molecule is CC(O)CC1CCCN1S(=O)(=O)CS(C)(=O)=O. The fraction of sp³-hybridized carbons (Fsp3) is 1.00. The molecule has 1 fully saturated rings. The summed E-state index contributed by atoms with van der Waals surface area (Å²) in [7, 11) is -7.34. The van der Waals surface area contributed by atoms with Crippen LogP contribution >= 0.6 is 0 Å². The second-order valence-electron chi connectivity index (χ2n) is 4.65. The van der Waals surface area contributed by atoms with E-state index in [-0.39, 0.29) is 6.04 Å². The number of aliphatic hydroxyl groups is 1. The summed E-state index contributed by atoms with van der Waals surface area (Å²) < 4.78 is 47.2. The number of rotatable bonds is 5. The predicted octanol–water partition coefficient (Wildman–Crippen LogP) is -0.446. The molecule has 1 N–H and O–H groups in total. The van der Waals surface area contributed by atoms with Crippen LogP contribution in [-0.2, 0) is 19.9 Å². The van der Waals surface area contributed by atoms with Gasteiger partial charge >= 0.3 is 0 Å². The third kappa shape index (κ3) is 4.53. The van der Waals surface area contributed by atoms with Gasteiger partial charge in [-0.15, -0.1) is 0 Å². The first-order valence-electron chi connectivity index (χ1n) is 5.47. The van der Waals surface area contributed by atoms with Crippen LogP contribution in [0.4, 0.5) is 0 Å². The maximum absolute atomic E-state index is 11.9. The van der Waals surface area contributed by atoms with Crippen molar-refractivity contribution in [1.29, 1.82) is 0 Å². The normalized spacial score (nSPS) is 25.0. The maximum atomic E-state index is 11.9. The van der Waals surface area contributed by atoms with E-state index >= 15 is 0 Å². The summed E-state index contributed by atoms with van der Waals surface area (Å²) in [5.41, 5.74) is 0. The molecule has 1 saturated heterocycles. The molecular formula is C9H19NO5S2. The standard InChI is InChI=1S/C9H19NO5S2/c1-8(11)6-9-4-3-5-10(9)17(14,15)7-16(2,12)13/h8-9,11H,3-7H2,1-2H3. The van der Waals surface area contributed by atoms with Crippen LogP contribution in [0.15, 0.2) is 0 Å². The van der Waals surface area contributed by atoms with Crippen LogP contribution in [0.25, 0.3) is 0 Å². The molecule has 0 aliphatic carbocycles. The van der Waals surface area contributed by atoms with Gasteiger partial charge in [0.2, 0.25) is 10.0 Å². The molecule has 0 bridgehead atoms. The van der Waals surface area contributed by atoms with Gasteiger partial charge < -0.3 is 5.11 Å². The Kier molecular flexibility index (Phi) is 4.56. The number of sulfonamides is 1. The van der Waals surface area contributed by atoms with E-state index in [1.165, 1.54) is 4.31 Å². The Morgan fingerprint density at radius 2 is 1.94 bits per heavy atom. The van der Waals surface area contributed by atoms with Crippen LogP contribution in [0.2, 0.25) is 0 Å². The lowest BCUT2D eigenvalue weighted by Crippen LogP contribution is -2.40. The zero-order chi connectivity index (χ0) is 13.3. The van der Waals surface area contributed by atoms with Gasteiger partial charge in [-0.2, -0.15) is 4.31 Å². The molecule has 8 heteroatoms. The molecule has 1 aliphatic rings. The summed E-state index contributed by atoms with van der Waals surface area (Å²) in [6, 6.07) is -0.276. The predicted molar refractivity (Wildman–Crippen MR) is 64.7 cm³/mol. The Bertz CT molecular complexity index is 454. The minimum absolute atomic E-state index is 0.276. The Hall–Kier alpha value is -0.180. The van der Waals surface area contributed by atoms with E-state index in [9.17, 15) is 21.9 Å². The molecule has 1 rings (SSSR count). The molecule has 0 aromatic heterocycles. The molecule has 0 amide bonds. The van der Waals surface area contributed by atoms with E-state index < -0.39 is 31.0 Å². The van der Waals surface area contributed by atoms with Crippen molar-refractivity contribution in [1.82, 2.24) is 4.31 Å². The number of sulfone groups is 1. The Morgan fingerprint density at radius 1 is 1.35 bits per heavy atom. The van der Waals surface area contributed by atoms with E-state index in [1.807, 2.05) is 0 Å². The van der Waals surface area contributed by atoms with E-state index in [1.54, 1.807) is 6.92 Å². The van der Waals surface area contributed by atoms with Crippen LogP contribution < -0.4 is 0 Å². The minimum atomic E-state index is -3.78. The zero-order valence-corrected chi connectivity index (χ0v) is 11.7. The van der Waals surface area contributed by atoms with Crippen molar-refractivity contribution >= 4 is 19.9 Å². The highest BCUT2D eigenvalue weighted by atomic mass is 32.3. The first-order valence-corrected chi connectivity index (χ1v) is 9.14. The number of hydrogen-bond donors (Lipinski definition) is 1. The third-order valence-electron chi connectivity index (χ3n) is 2.66. The van der Waals surface area contributed by atoms with Gasteiger partial charge in [0.25, 0.3) is 0 Å². The van der Waals surface area contributed by atoms with E-state index in [4.69, 9.17) is 0 Å². The van der Waals surface area contributed by atoms with Crippen LogP contribution in [-0.4, -0.2) is 56.3 Å². The highest BCUT2D eigenvalue weighted by Gasteiger charge is 2.36. The molecule has 6 nitrogen and oxygen atoms in total. The average molecular weight is 285 g/mol. The molecular weight excluding hydrogens is 266 g/mol. The lowest BCUT2D eigenvalue weighted by atomic mass is 10.1. The first-order chi connectivity index (χ1) is 7.62. The number of nitrogens with zero attached hydrogens (tertiary/aromatic N) is 1. The zero-order valence-electron chi connectivity index (χ0n) is 10.0. The monoisotopic (exact) mass is 285 g/mol. The number of aliphatic hydroxyl groups excluding tert-OH is 1. The molecule has 17 heavy (non-hydrogen) atoms. The minimum Gasteiger partial charge on any atom is -0.393 e. The van der Waals surface area contributed by atoms with Crippen LogP contribution in [0.5, 0.6) is 0 Å². The van der Waals surface area contributed by atoms with Crippen LogP contribution in [0.1, 0.15) is 26.2 Å². The van der Waals surface area contributed by atoms with Crippen LogP contribution in [0, 0.1) is 0 Å². The van der Waals surface area contributed by atoms with Gasteiger partial charge in [0, 0.05) is 18.8 Å². The third-order valence-corrected chi connectivity index (χ3v) is 6.76. The summed E-state index contributed by atoms with van der Waals surface area (Å²) in [6.45, 7) is 1.94. The van der Waals surface area contributed by atoms with E-state index in [0.717, 1.165) is 6.26 Å². The van der Waals surface area contributed by atoms with E-state index in [0.29, 0.717) is 25.8 Å². The summed E-state index contributed by atoms with van der Waals surface area (Å²) in [5, 5.41) is 8.44. The summed E-state index contributed by atoms with van der Waals surface area (Å²) in [5.74, 6) is 0. The molecule has 1 aliphatic heterocycles. The smallest absolute Gasteiger partial charge is 0.228 e. The Labute approximate surface area is 103 Å². The topological polar surface area (TPSA) is 91.8 Å². The van der Waals surface area contributed by atoms with Gasteiger partial charge in [0.05, 0.1) is 6.10 Å². The summed E-state index contributed by atoms with van der Waals surface area (Å²) in [4.78, 5) is 0. The summed E-state index contributed by atoms with van der Waals surface area (Å²) in [6.07, 6.45) is 2.05. The Balaban J connectivity index is 2.83. The van der Waals surface area contributed by atoms with Crippen molar-refractivity contribution in [3.63, 3.8) is 0 Å².